The lowest BCUT2D eigenvalue weighted by atomic mass is 9.80. The highest BCUT2D eigenvalue weighted by atomic mass is 16.1. The second kappa shape index (κ2) is 6.89. The van der Waals surface area contributed by atoms with Gasteiger partial charge in [0, 0.05) is 25.0 Å². The van der Waals surface area contributed by atoms with Gasteiger partial charge in [0.25, 0.3) is 5.91 Å². The van der Waals surface area contributed by atoms with Crippen molar-refractivity contribution in [1.29, 1.82) is 0 Å². The Morgan fingerprint density at radius 1 is 1.43 bits per heavy atom. The molecule has 116 valence electrons. The van der Waals surface area contributed by atoms with Crippen LogP contribution in [0, 0.1) is 5.41 Å². The molecule has 1 aliphatic heterocycles. The van der Waals surface area contributed by atoms with E-state index in [1.165, 1.54) is 0 Å². The largest absolute Gasteiger partial charge is 0.385 e. The molecule has 0 spiro atoms. The summed E-state index contributed by atoms with van der Waals surface area (Å²) in [5.74, 6) is -0.0880. The molecular formula is C16H26N4O. The number of nitrogens with one attached hydrogen (secondary N) is 2. The highest BCUT2D eigenvalue weighted by molar-refractivity contribution is 5.93. The Morgan fingerprint density at radius 2 is 2.14 bits per heavy atom. The molecule has 2 heterocycles. The highest BCUT2D eigenvalue weighted by Gasteiger charge is 2.29. The van der Waals surface area contributed by atoms with E-state index in [-0.39, 0.29) is 11.3 Å². The summed E-state index contributed by atoms with van der Waals surface area (Å²) in [5, 5.41) is 6.24. The fraction of sp³-hybridized carbons (Fsp3) is 0.625. The molecule has 0 atom stereocenters. The molecule has 1 aliphatic rings. The molecule has 1 fully saturated rings. The van der Waals surface area contributed by atoms with E-state index in [4.69, 9.17) is 0 Å². The molecule has 0 saturated carbocycles. The number of carbonyl (C=O) groups excluding carboxylic acids is 1. The normalized spacial score (nSPS) is 18.2. The van der Waals surface area contributed by atoms with E-state index in [1.54, 1.807) is 12.3 Å². The van der Waals surface area contributed by atoms with Crippen LogP contribution in [0.2, 0.25) is 0 Å². The Balaban J connectivity index is 1.91. The van der Waals surface area contributed by atoms with E-state index in [0.29, 0.717) is 12.2 Å². The minimum atomic E-state index is -0.0880. The maximum atomic E-state index is 12.2. The van der Waals surface area contributed by atoms with Gasteiger partial charge in [0.1, 0.15) is 5.69 Å². The molecule has 0 aliphatic carbocycles. The highest BCUT2D eigenvalue weighted by Crippen LogP contribution is 2.29. The molecule has 0 unspecified atom stereocenters. The SMILES string of the molecule is CCNc1ccnc(C(=O)NCC2(C)CCN(C)CC2)c1. The van der Waals surface area contributed by atoms with Gasteiger partial charge in [-0.2, -0.15) is 0 Å². The minimum Gasteiger partial charge on any atom is -0.385 e. The summed E-state index contributed by atoms with van der Waals surface area (Å²) >= 11 is 0. The summed E-state index contributed by atoms with van der Waals surface area (Å²) in [4.78, 5) is 18.7. The minimum absolute atomic E-state index is 0.0880. The third-order valence-electron chi connectivity index (χ3n) is 4.24. The van der Waals surface area contributed by atoms with Crippen molar-refractivity contribution in [3.05, 3.63) is 24.0 Å². The first-order chi connectivity index (χ1) is 10.0. The fourth-order valence-corrected chi connectivity index (χ4v) is 2.59. The number of nitrogens with zero attached hydrogens (tertiary/aromatic N) is 2. The van der Waals surface area contributed by atoms with Gasteiger partial charge < -0.3 is 15.5 Å². The van der Waals surface area contributed by atoms with E-state index < -0.39 is 0 Å². The molecule has 21 heavy (non-hydrogen) atoms. The second-order valence-electron chi connectivity index (χ2n) is 6.26. The van der Waals surface area contributed by atoms with E-state index in [2.05, 4.69) is 34.5 Å². The number of pyridine rings is 1. The van der Waals surface area contributed by atoms with Crippen molar-refractivity contribution < 1.29 is 4.79 Å². The standard InChI is InChI=1S/C16H26N4O/c1-4-17-13-5-8-18-14(11-13)15(21)19-12-16(2)6-9-20(3)10-7-16/h5,8,11H,4,6-7,9-10,12H2,1-3H3,(H,17,18)(H,19,21). The zero-order valence-corrected chi connectivity index (χ0v) is 13.3. The predicted molar refractivity (Wildman–Crippen MR) is 85.6 cm³/mol. The van der Waals surface area contributed by atoms with E-state index >= 15 is 0 Å². The Morgan fingerprint density at radius 3 is 2.81 bits per heavy atom. The molecule has 1 saturated heterocycles. The molecule has 5 nitrogen and oxygen atoms in total. The van der Waals surface area contributed by atoms with Gasteiger partial charge in [-0.3, -0.25) is 9.78 Å². The lowest BCUT2D eigenvalue weighted by Crippen LogP contribution is -2.43. The molecule has 2 rings (SSSR count). The van der Waals surface area contributed by atoms with Crippen LogP contribution >= 0.6 is 0 Å². The van der Waals surface area contributed by atoms with E-state index in [1.807, 2.05) is 13.0 Å². The maximum absolute atomic E-state index is 12.2. The Labute approximate surface area is 127 Å². The molecule has 0 radical (unpaired) electrons. The summed E-state index contributed by atoms with van der Waals surface area (Å²) in [7, 11) is 2.15. The van der Waals surface area contributed by atoms with Crippen molar-refractivity contribution in [2.75, 3.05) is 38.5 Å². The van der Waals surface area contributed by atoms with Gasteiger partial charge in [-0.25, -0.2) is 0 Å². The van der Waals surface area contributed by atoms with Gasteiger partial charge >= 0.3 is 0 Å². The van der Waals surface area contributed by atoms with Crippen molar-refractivity contribution in [2.45, 2.75) is 26.7 Å². The molecular weight excluding hydrogens is 264 g/mol. The smallest absolute Gasteiger partial charge is 0.269 e. The number of piperidine rings is 1. The van der Waals surface area contributed by atoms with Crippen LogP contribution in [-0.2, 0) is 0 Å². The van der Waals surface area contributed by atoms with Crippen molar-refractivity contribution in [3.8, 4) is 0 Å². The molecule has 5 heteroatoms. The van der Waals surface area contributed by atoms with E-state index in [0.717, 1.165) is 38.2 Å². The first-order valence-corrected chi connectivity index (χ1v) is 7.69. The number of hydrogen-bond donors (Lipinski definition) is 2. The van der Waals surface area contributed by atoms with Gasteiger partial charge in [-0.05, 0) is 57.5 Å². The average molecular weight is 290 g/mol. The van der Waals surface area contributed by atoms with Gasteiger partial charge in [-0.1, -0.05) is 6.92 Å². The van der Waals surface area contributed by atoms with Crippen molar-refractivity contribution >= 4 is 11.6 Å². The van der Waals surface area contributed by atoms with Crippen LogP contribution in [0.3, 0.4) is 0 Å². The average Bonchev–Trinajstić information content (AvgIpc) is 2.49. The quantitative estimate of drug-likeness (QED) is 0.870. The summed E-state index contributed by atoms with van der Waals surface area (Å²) in [6.07, 6.45) is 3.91. The van der Waals surface area contributed by atoms with Crippen LogP contribution in [0.4, 0.5) is 5.69 Å². The number of amides is 1. The third-order valence-corrected chi connectivity index (χ3v) is 4.24. The van der Waals surface area contributed by atoms with Crippen LogP contribution in [0.5, 0.6) is 0 Å². The first kappa shape index (κ1) is 15.8. The zero-order valence-electron chi connectivity index (χ0n) is 13.3. The molecule has 1 aromatic rings. The van der Waals surface area contributed by atoms with Gasteiger partial charge in [0.05, 0.1) is 0 Å². The second-order valence-corrected chi connectivity index (χ2v) is 6.26. The van der Waals surface area contributed by atoms with Crippen LogP contribution in [0.1, 0.15) is 37.2 Å². The van der Waals surface area contributed by atoms with Crippen LogP contribution in [0.25, 0.3) is 0 Å². The van der Waals surface area contributed by atoms with Crippen LogP contribution < -0.4 is 10.6 Å². The van der Waals surface area contributed by atoms with Gasteiger partial charge in [0.2, 0.25) is 0 Å². The monoisotopic (exact) mass is 290 g/mol. The van der Waals surface area contributed by atoms with Gasteiger partial charge in [-0.15, -0.1) is 0 Å². The Bertz CT molecular complexity index is 481. The first-order valence-electron chi connectivity index (χ1n) is 7.69. The number of likely N-dealkylation sites (tertiary alicyclic amines) is 1. The summed E-state index contributed by atoms with van der Waals surface area (Å²) in [6, 6.07) is 3.67. The molecule has 1 amide bonds. The molecule has 0 bridgehead atoms. The number of carbonyl (C=O) groups is 1. The van der Waals surface area contributed by atoms with Crippen molar-refractivity contribution in [3.63, 3.8) is 0 Å². The lowest BCUT2D eigenvalue weighted by Gasteiger charge is -2.37. The maximum Gasteiger partial charge on any atom is 0.269 e. The fourth-order valence-electron chi connectivity index (χ4n) is 2.59. The predicted octanol–water partition coefficient (Wildman–Crippen LogP) is 1.98. The van der Waals surface area contributed by atoms with E-state index in [9.17, 15) is 4.79 Å². The molecule has 0 aromatic carbocycles. The third kappa shape index (κ3) is 4.43. The number of rotatable bonds is 5. The lowest BCUT2D eigenvalue weighted by molar-refractivity contribution is 0.0887. The molecule has 1 aromatic heterocycles. The van der Waals surface area contributed by atoms with Gasteiger partial charge in [0.15, 0.2) is 0 Å². The summed E-state index contributed by atoms with van der Waals surface area (Å²) in [6.45, 7) is 8.02. The number of anilines is 1. The van der Waals surface area contributed by atoms with Crippen LogP contribution in [0.15, 0.2) is 18.3 Å². The zero-order chi connectivity index (χ0) is 15.3. The summed E-state index contributed by atoms with van der Waals surface area (Å²) in [5.41, 5.74) is 1.61. The summed E-state index contributed by atoms with van der Waals surface area (Å²) < 4.78 is 0. The van der Waals surface area contributed by atoms with Crippen molar-refractivity contribution in [2.24, 2.45) is 5.41 Å². The topological polar surface area (TPSA) is 57.3 Å². The van der Waals surface area contributed by atoms with Crippen LogP contribution in [-0.4, -0.2) is 49.0 Å². The number of hydrogen-bond acceptors (Lipinski definition) is 4. The molecule has 2 N–H and O–H groups in total. The van der Waals surface area contributed by atoms with Crippen molar-refractivity contribution in [1.82, 2.24) is 15.2 Å². The Hall–Kier alpha value is -1.62. The number of aromatic nitrogens is 1. The Kier molecular flexibility index (Phi) is 5.17.